The van der Waals surface area contributed by atoms with Crippen molar-refractivity contribution >= 4 is 42.6 Å². The maximum atomic E-state index is 12.7. The molecule has 0 aliphatic carbocycles. The molecule has 12 nitrogen and oxygen atoms in total. The van der Waals surface area contributed by atoms with E-state index in [1.165, 1.54) is 6.92 Å². The van der Waals surface area contributed by atoms with Crippen LogP contribution in [-0.4, -0.2) is 66.9 Å². The van der Waals surface area contributed by atoms with E-state index in [4.69, 9.17) is 18.3 Å². The number of carbonyl (C=O) groups is 4. The number of alkyl carbamates (subject to hydrolysis) is 1. The van der Waals surface area contributed by atoms with Crippen LogP contribution in [0.5, 0.6) is 0 Å². The molecule has 1 radical (unpaired) electrons. The molecule has 189 valence electrons. The van der Waals surface area contributed by atoms with Gasteiger partial charge in [0.25, 0.3) is 0 Å². The van der Waals surface area contributed by atoms with Gasteiger partial charge in [0.15, 0.2) is 11.2 Å². The van der Waals surface area contributed by atoms with Gasteiger partial charge in [-0.25, -0.2) is 13.9 Å². The van der Waals surface area contributed by atoms with Crippen LogP contribution in [0.15, 0.2) is 0 Å². The second-order valence-electron chi connectivity index (χ2n) is 8.61. The summed E-state index contributed by atoms with van der Waals surface area (Å²) < 4.78 is 33.0. The summed E-state index contributed by atoms with van der Waals surface area (Å²) in [6.45, 7) is 11.3. The van der Waals surface area contributed by atoms with Gasteiger partial charge in [-0.2, -0.15) is 0 Å². The van der Waals surface area contributed by atoms with E-state index >= 15 is 0 Å². The number of hydrogen-bond acceptors (Lipinski definition) is 10. The molecule has 0 spiro atoms. The Hall–Kier alpha value is -1.66. The largest absolute Gasteiger partial charge is 0.478 e. The fourth-order valence-corrected chi connectivity index (χ4v) is 4.42. The SMILES string of the molecule is [CH2]C(C)(C)NC(=O)OCOP1(=O)OCC(C)(C)[C@H](C(=O)NCCC(=O)NCCSC(C)=O)O1. The molecule has 0 aromatic carbocycles. The van der Waals surface area contributed by atoms with E-state index in [0.717, 1.165) is 11.8 Å². The quantitative estimate of drug-likeness (QED) is 0.212. The van der Waals surface area contributed by atoms with Gasteiger partial charge in [0.2, 0.25) is 18.6 Å². The Morgan fingerprint density at radius 1 is 1.21 bits per heavy atom. The van der Waals surface area contributed by atoms with E-state index < -0.39 is 43.7 Å². The second-order valence-corrected chi connectivity index (χ2v) is 11.5. The molecule has 0 bridgehead atoms. The minimum atomic E-state index is -4.18. The van der Waals surface area contributed by atoms with Crippen molar-refractivity contribution < 1.29 is 42.1 Å². The minimum Gasteiger partial charge on any atom is -0.422 e. The number of carbonyl (C=O) groups excluding carboxylic acids is 4. The number of ether oxygens (including phenoxy) is 1. The van der Waals surface area contributed by atoms with Gasteiger partial charge in [0.05, 0.1) is 6.61 Å². The van der Waals surface area contributed by atoms with E-state index in [-0.39, 0.29) is 30.6 Å². The van der Waals surface area contributed by atoms with E-state index in [1.54, 1.807) is 27.7 Å². The van der Waals surface area contributed by atoms with Crippen LogP contribution in [-0.2, 0) is 37.3 Å². The van der Waals surface area contributed by atoms with Crippen LogP contribution in [0.3, 0.4) is 0 Å². The van der Waals surface area contributed by atoms with Crippen LogP contribution < -0.4 is 16.0 Å². The van der Waals surface area contributed by atoms with Gasteiger partial charge in [0.1, 0.15) is 0 Å². The van der Waals surface area contributed by atoms with Crippen LogP contribution >= 0.6 is 19.6 Å². The number of amides is 3. The first kappa shape index (κ1) is 29.4. The van der Waals surface area contributed by atoms with E-state index in [1.807, 2.05) is 0 Å². The second kappa shape index (κ2) is 12.7. The minimum absolute atomic E-state index is 0.0138. The fourth-order valence-electron chi connectivity index (χ4n) is 2.42. The number of hydrogen-bond donors (Lipinski definition) is 3. The van der Waals surface area contributed by atoms with E-state index in [9.17, 15) is 23.7 Å². The summed E-state index contributed by atoms with van der Waals surface area (Å²) in [6.07, 6.45) is -2.02. The zero-order chi connectivity index (χ0) is 25.3. The first-order valence-corrected chi connectivity index (χ1v) is 12.6. The summed E-state index contributed by atoms with van der Waals surface area (Å²) in [6, 6.07) is 0. The van der Waals surface area contributed by atoms with E-state index in [0.29, 0.717) is 12.3 Å². The van der Waals surface area contributed by atoms with Crippen LogP contribution in [0.2, 0.25) is 0 Å². The highest BCUT2D eigenvalue weighted by Crippen LogP contribution is 2.57. The molecule has 0 aromatic rings. The molecule has 1 aliphatic rings. The fraction of sp³-hybridized carbons (Fsp3) is 0.737. The van der Waals surface area contributed by atoms with Gasteiger partial charge in [-0.3, -0.25) is 23.4 Å². The van der Waals surface area contributed by atoms with Crippen LogP contribution in [0.25, 0.3) is 0 Å². The van der Waals surface area contributed by atoms with Gasteiger partial charge in [-0.15, -0.1) is 0 Å². The van der Waals surface area contributed by atoms with Gasteiger partial charge >= 0.3 is 13.9 Å². The lowest BCUT2D eigenvalue weighted by Gasteiger charge is -2.39. The van der Waals surface area contributed by atoms with Crippen molar-refractivity contribution in [1.82, 2.24) is 16.0 Å². The third-order valence-electron chi connectivity index (χ3n) is 4.00. The Kier molecular flexibility index (Phi) is 11.3. The maximum Gasteiger partial charge on any atom is 0.478 e. The van der Waals surface area contributed by atoms with Crippen LogP contribution in [0, 0.1) is 12.3 Å². The van der Waals surface area contributed by atoms with Crippen molar-refractivity contribution in [3.05, 3.63) is 6.92 Å². The van der Waals surface area contributed by atoms with Gasteiger partial charge in [0, 0.05) is 43.1 Å². The molecule has 3 amide bonds. The zero-order valence-corrected chi connectivity index (χ0v) is 21.3. The van der Waals surface area contributed by atoms with Gasteiger partial charge in [-0.05, 0) is 20.8 Å². The number of thioether (sulfide) groups is 1. The number of nitrogens with one attached hydrogen (secondary N) is 3. The summed E-state index contributed by atoms with van der Waals surface area (Å²) in [5, 5.41) is 7.60. The standard InChI is InChI=1S/C19H33N3O9PS/c1-13(23)33-10-9-20-14(24)7-8-21-16(25)15-19(5,6)11-29-32(27,31-15)30-12-28-17(26)22-18(2,3)4/h15H,2,7-12H2,1,3-6H3,(H,20,24)(H,21,25)(H,22,26)/t15-,32?/m0/s1. The molecule has 14 heteroatoms. The summed E-state index contributed by atoms with van der Waals surface area (Å²) in [7, 11) is -4.18. The lowest BCUT2D eigenvalue weighted by atomic mass is 9.87. The lowest BCUT2D eigenvalue weighted by Crippen LogP contribution is -2.50. The number of phosphoric acid groups is 1. The Morgan fingerprint density at radius 3 is 2.48 bits per heavy atom. The molecule has 0 aromatic heterocycles. The highest BCUT2D eigenvalue weighted by molar-refractivity contribution is 8.13. The third-order valence-corrected chi connectivity index (χ3v) is 6.15. The van der Waals surface area contributed by atoms with Gasteiger partial charge in [-0.1, -0.05) is 25.6 Å². The zero-order valence-electron chi connectivity index (χ0n) is 19.6. The van der Waals surface area contributed by atoms with Crippen molar-refractivity contribution in [1.29, 1.82) is 0 Å². The Morgan fingerprint density at radius 2 is 1.88 bits per heavy atom. The average Bonchev–Trinajstić information content (AvgIpc) is 2.66. The molecule has 1 rings (SSSR count). The van der Waals surface area contributed by atoms with Crippen molar-refractivity contribution in [3.63, 3.8) is 0 Å². The molecule has 0 saturated carbocycles. The number of phosphoric ester groups is 1. The smallest absolute Gasteiger partial charge is 0.422 e. The molecule has 1 saturated heterocycles. The predicted octanol–water partition coefficient (Wildman–Crippen LogP) is 1.75. The topological polar surface area (TPSA) is 158 Å². The molecule has 1 heterocycles. The Bertz CT molecular complexity index is 770. The summed E-state index contributed by atoms with van der Waals surface area (Å²) in [4.78, 5) is 46.9. The predicted molar refractivity (Wildman–Crippen MR) is 121 cm³/mol. The molecule has 2 atom stereocenters. The molecule has 33 heavy (non-hydrogen) atoms. The summed E-state index contributed by atoms with van der Waals surface area (Å²) in [5.41, 5.74) is -1.62. The molecular weight excluding hydrogens is 477 g/mol. The van der Waals surface area contributed by atoms with Crippen molar-refractivity contribution in [2.45, 2.75) is 52.7 Å². The summed E-state index contributed by atoms with van der Waals surface area (Å²) >= 11 is 1.11. The van der Waals surface area contributed by atoms with Gasteiger partial charge < -0.3 is 20.7 Å². The monoisotopic (exact) mass is 510 g/mol. The molecule has 3 N–H and O–H groups in total. The van der Waals surface area contributed by atoms with Crippen LogP contribution in [0.1, 0.15) is 41.0 Å². The Balaban J connectivity index is 2.49. The highest BCUT2D eigenvalue weighted by Gasteiger charge is 2.49. The van der Waals surface area contributed by atoms with Crippen molar-refractivity contribution in [2.24, 2.45) is 5.41 Å². The molecular formula is C19H33N3O9PS. The molecule has 1 aliphatic heterocycles. The number of rotatable bonds is 11. The van der Waals surface area contributed by atoms with Crippen LogP contribution in [0.4, 0.5) is 4.79 Å². The molecule has 1 fully saturated rings. The van der Waals surface area contributed by atoms with E-state index in [2.05, 4.69) is 22.9 Å². The maximum absolute atomic E-state index is 12.7. The lowest BCUT2D eigenvalue weighted by molar-refractivity contribution is -0.143. The van der Waals surface area contributed by atoms with Crippen molar-refractivity contribution in [3.8, 4) is 0 Å². The normalized spacial score (nSPS) is 22.2. The first-order valence-electron chi connectivity index (χ1n) is 10.2. The highest BCUT2D eigenvalue weighted by atomic mass is 32.2. The summed E-state index contributed by atoms with van der Waals surface area (Å²) in [5.74, 6) is -0.420. The Labute approximate surface area is 198 Å². The third kappa shape index (κ3) is 11.9. The van der Waals surface area contributed by atoms with Crippen molar-refractivity contribution in [2.75, 3.05) is 32.2 Å². The average molecular weight is 511 g/mol. The molecule has 1 unspecified atom stereocenters. The first-order chi connectivity index (χ1) is 15.1.